The third kappa shape index (κ3) is 7.44. The van der Waals surface area contributed by atoms with Gasteiger partial charge in [0.2, 0.25) is 11.8 Å². The van der Waals surface area contributed by atoms with Crippen LogP contribution in [0.1, 0.15) is 29.3 Å². The summed E-state index contributed by atoms with van der Waals surface area (Å²) >= 11 is 1.24. The Hall–Kier alpha value is -2.80. The van der Waals surface area contributed by atoms with Crippen molar-refractivity contribution in [1.29, 1.82) is 0 Å². The zero-order chi connectivity index (χ0) is 20.4. The fraction of sp³-hybridized carbons (Fsp3) is 0.286. The summed E-state index contributed by atoms with van der Waals surface area (Å²) in [6.45, 7) is 4.58. The Kier molecular flexibility index (Phi) is 8.55. The van der Waals surface area contributed by atoms with E-state index in [4.69, 9.17) is 0 Å². The van der Waals surface area contributed by atoms with Gasteiger partial charge in [-0.3, -0.25) is 14.4 Å². The summed E-state index contributed by atoms with van der Waals surface area (Å²) in [5.74, 6) is -0.116. The van der Waals surface area contributed by atoms with Crippen molar-refractivity contribution in [2.45, 2.75) is 20.3 Å². The van der Waals surface area contributed by atoms with Gasteiger partial charge in [-0.1, -0.05) is 19.1 Å². The molecule has 0 spiro atoms. The molecule has 3 N–H and O–H groups in total. The van der Waals surface area contributed by atoms with E-state index in [0.29, 0.717) is 17.8 Å². The molecule has 0 aliphatic rings. The molecule has 0 unspecified atom stereocenters. The van der Waals surface area contributed by atoms with Crippen LogP contribution in [0.25, 0.3) is 0 Å². The topological polar surface area (TPSA) is 87.3 Å². The molecule has 0 fully saturated rings. The van der Waals surface area contributed by atoms with Gasteiger partial charge in [-0.25, -0.2) is 0 Å². The summed E-state index contributed by atoms with van der Waals surface area (Å²) in [6, 6.07) is 14.3. The molecule has 6 nitrogen and oxygen atoms in total. The molecule has 7 heteroatoms. The second kappa shape index (κ2) is 11.1. The Balaban J connectivity index is 1.72. The van der Waals surface area contributed by atoms with Gasteiger partial charge in [0, 0.05) is 23.5 Å². The maximum atomic E-state index is 12.0. The summed E-state index contributed by atoms with van der Waals surface area (Å²) in [5, 5.41) is 8.37. The lowest BCUT2D eigenvalue weighted by Crippen LogP contribution is -2.24. The van der Waals surface area contributed by atoms with E-state index in [1.807, 2.05) is 38.1 Å². The highest BCUT2D eigenvalue weighted by Gasteiger charge is 2.08. The monoisotopic (exact) mass is 399 g/mol. The fourth-order valence-electron chi connectivity index (χ4n) is 2.40. The van der Waals surface area contributed by atoms with Gasteiger partial charge in [-0.2, -0.15) is 0 Å². The Bertz CT molecular complexity index is 822. The van der Waals surface area contributed by atoms with Crippen LogP contribution in [0.15, 0.2) is 48.5 Å². The summed E-state index contributed by atoms with van der Waals surface area (Å²) in [7, 11) is 0. The number of amides is 3. The maximum absolute atomic E-state index is 12.0. The molecule has 3 amide bonds. The van der Waals surface area contributed by atoms with Crippen molar-refractivity contribution in [2.24, 2.45) is 0 Å². The lowest BCUT2D eigenvalue weighted by molar-refractivity contribution is -0.114. The second-order valence-corrected chi connectivity index (χ2v) is 7.28. The molecule has 2 aromatic rings. The third-order valence-electron chi connectivity index (χ3n) is 3.73. The van der Waals surface area contributed by atoms with E-state index in [-0.39, 0.29) is 29.2 Å². The average molecular weight is 400 g/mol. The van der Waals surface area contributed by atoms with Crippen LogP contribution in [-0.4, -0.2) is 35.8 Å². The van der Waals surface area contributed by atoms with Crippen LogP contribution in [0.5, 0.6) is 0 Å². The van der Waals surface area contributed by atoms with Crippen LogP contribution in [0.4, 0.5) is 11.4 Å². The van der Waals surface area contributed by atoms with Crippen LogP contribution in [0.2, 0.25) is 0 Å². The first-order valence-corrected chi connectivity index (χ1v) is 10.3. The maximum Gasteiger partial charge on any atom is 0.251 e. The molecule has 28 heavy (non-hydrogen) atoms. The SMILES string of the molecule is CCCNC(=O)c1ccc(NC(=O)CSCC(=O)Nc2cccc(C)c2)cc1. The van der Waals surface area contributed by atoms with Crippen LogP contribution in [0.3, 0.4) is 0 Å². The molecule has 148 valence electrons. The van der Waals surface area contributed by atoms with Crippen molar-refractivity contribution >= 4 is 40.9 Å². The first-order valence-electron chi connectivity index (χ1n) is 9.10. The minimum absolute atomic E-state index is 0.130. The van der Waals surface area contributed by atoms with E-state index >= 15 is 0 Å². The van der Waals surface area contributed by atoms with E-state index in [1.54, 1.807) is 24.3 Å². The van der Waals surface area contributed by atoms with E-state index in [0.717, 1.165) is 17.7 Å². The number of nitrogens with one attached hydrogen (secondary N) is 3. The number of aryl methyl sites for hydroxylation is 1. The number of anilines is 2. The highest BCUT2D eigenvalue weighted by atomic mass is 32.2. The lowest BCUT2D eigenvalue weighted by Gasteiger charge is -2.08. The molecular weight excluding hydrogens is 374 g/mol. The Morgan fingerprint density at radius 3 is 2.14 bits per heavy atom. The zero-order valence-electron chi connectivity index (χ0n) is 16.1. The lowest BCUT2D eigenvalue weighted by atomic mass is 10.2. The number of hydrogen-bond acceptors (Lipinski definition) is 4. The quantitative estimate of drug-likeness (QED) is 0.603. The number of thioether (sulfide) groups is 1. The van der Waals surface area contributed by atoms with Crippen molar-refractivity contribution in [1.82, 2.24) is 5.32 Å². The van der Waals surface area contributed by atoms with Crippen molar-refractivity contribution in [2.75, 3.05) is 28.7 Å². The number of rotatable bonds is 9. The van der Waals surface area contributed by atoms with Crippen LogP contribution in [0, 0.1) is 6.92 Å². The third-order valence-corrected chi connectivity index (χ3v) is 4.67. The Morgan fingerprint density at radius 1 is 0.893 bits per heavy atom. The van der Waals surface area contributed by atoms with E-state index < -0.39 is 0 Å². The Morgan fingerprint density at radius 2 is 1.54 bits per heavy atom. The standard InChI is InChI=1S/C21H25N3O3S/c1-3-11-22-21(27)16-7-9-17(10-8-16)23-19(25)13-28-14-20(26)24-18-6-4-5-15(2)12-18/h4-10,12H,3,11,13-14H2,1-2H3,(H,22,27)(H,23,25)(H,24,26). The average Bonchev–Trinajstić information content (AvgIpc) is 2.66. The summed E-state index contributed by atoms with van der Waals surface area (Å²) < 4.78 is 0. The number of carbonyl (C=O) groups is 3. The van der Waals surface area contributed by atoms with Gasteiger partial charge in [-0.05, 0) is 55.3 Å². The minimum Gasteiger partial charge on any atom is -0.352 e. The molecule has 0 saturated heterocycles. The van der Waals surface area contributed by atoms with Crippen LogP contribution < -0.4 is 16.0 Å². The van der Waals surface area contributed by atoms with Crippen molar-refractivity contribution in [3.8, 4) is 0 Å². The molecule has 0 atom stereocenters. The van der Waals surface area contributed by atoms with Crippen molar-refractivity contribution < 1.29 is 14.4 Å². The van der Waals surface area contributed by atoms with Crippen LogP contribution in [-0.2, 0) is 9.59 Å². The zero-order valence-corrected chi connectivity index (χ0v) is 16.9. The van der Waals surface area contributed by atoms with E-state index in [2.05, 4.69) is 16.0 Å². The number of carbonyl (C=O) groups excluding carboxylic acids is 3. The largest absolute Gasteiger partial charge is 0.352 e. The molecule has 0 aromatic heterocycles. The number of hydrogen-bond donors (Lipinski definition) is 3. The summed E-state index contributed by atoms with van der Waals surface area (Å²) in [5.41, 5.74) is 2.98. The fourth-order valence-corrected chi connectivity index (χ4v) is 3.02. The van der Waals surface area contributed by atoms with Crippen molar-refractivity contribution in [3.63, 3.8) is 0 Å². The molecule has 2 rings (SSSR count). The summed E-state index contributed by atoms with van der Waals surface area (Å²) in [6.07, 6.45) is 0.876. The second-order valence-electron chi connectivity index (χ2n) is 6.29. The molecule has 0 heterocycles. The molecule has 0 bridgehead atoms. The molecule has 0 aliphatic heterocycles. The molecular formula is C21H25N3O3S. The van der Waals surface area contributed by atoms with Gasteiger partial charge in [0.05, 0.1) is 11.5 Å². The molecule has 0 aliphatic carbocycles. The van der Waals surface area contributed by atoms with Gasteiger partial charge < -0.3 is 16.0 Å². The Labute approximate surface area is 169 Å². The normalized spacial score (nSPS) is 10.2. The van der Waals surface area contributed by atoms with Gasteiger partial charge in [0.1, 0.15) is 0 Å². The first-order chi connectivity index (χ1) is 13.5. The van der Waals surface area contributed by atoms with Crippen molar-refractivity contribution in [3.05, 3.63) is 59.7 Å². The highest BCUT2D eigenvalue weighted by Crippen LogP contribution is 2.12. The van der Waals surface area contributed by atoms with Crippen LogP contribution >= 0.6 is 11.8 Å². The van der Waals surface area contributed by atoms with E-state index in [9.17, 15) is 14.4 Å². The molecule has 0 radical (unpaired) electrons. The summed E-state index contributed by atoms with van der Waals surface area (Å²) in [4.78, 5) is 35.8. The first kappa shape index (κ1) is 21.5. The van der Waals surface area contributed by atoms with Gasteiger partial charge >= 0.3 is 0 Å². The number of benzene rings is 2. The van der Waals surface area contributed by atoms with Gasteiger partial charge in [0.25, 0.3) is 5.91 Å². The highest BCUT2D eigenvalue weighted by molar-refractivity contribution is 8.00. The predicted octanol–water partition coefficient (Wildman–Crippen LogP) is 3.45. The van der Waals surface area contributed by atoms with Gasteiger partial charge in [0.15, 0.2) is 0 Å². The molecule has 2 aromatic carbocycles. The predicted molar refractivity (Wildman–Crippen MR) is 115 cm³/mol. The molecule has 0 saturated carbocycles. The van der Waals surface area contributed by atoms with E-state index in [1.165, 1.54) is 11.8 Å². The smallest absolute Gasteiger partial charge is 0.251 e. The minimum atomic E-state index is -0.198. The van der Waals surface area contributed by atoms with Gasteiger partial charge in [-0.15, -0.1) is 11.8 Å².